The van der Waals surface area contributed by atoms with Crippen LogP contribution in [0, 0.1) is 0 Å². The molecule has 1 aromatic carbocycles. The van der Waals surface area contributed by atoms with E-state index in [9.17, 15) is 18.4 Å². The van der Waals surface area contributed by atoms with Crippen molar-refractivity contribution in [3.05, 3.63) is 29.3 Å². The Labute approximate surface area is 129 Å². The van der Waals surface area contributed by atoms with Gasteiger partial charge >= 0.3 is 5.97 Å². The second-order valence-corrected chi connectivity index (χ2v) is 5.66. The Bertz CT molecular complexity index is 502. The first-order valence-electron chi connectivity index (χ1n) is 6.07. The van der Waals surface area contributed by atoms with Gasteiger partial charge in [0.25, 0.3) is 0 Å². The minimum atomic E-state index is -2.79. The van der Waals surface area contributed by atoms with E-state index in [1.165, 1.54) is 11.8 Å². The molecule has 1 atom stereocenters. The summed E-state index contributed by atoms with van der Waals surface area (Å²) < 4.78 is 24.4. The average molecular weight is 338 g/mol. The lowest BCUT2D eigenvalue weighted by Crippen LogP contribution is -2.42. The molecule has 4 nitrogen and oxygen atoms in total. The molecule has 0 saturated heterocycles. The minimum absolute atomic E-state index is 0.0168. The molecule has 2 N–H and O–H groups in total. The highest BCUT2D eigenvalue weighted by Crippen LogP contribution is 2.26. The Kier molecular flexibility index (Phi) is 7.45. The average Bonchev–Trinajstić information content (AvgIpc) is 2.39. The van der Waals surface area contributed by atoms with Gasteiger partial charge in [0.2, 0.25) is 12.3 Å². The van der Waals surface area contributed by atoms with E-state index in [2.05, 4.69) is 5.32 Å². The highest BCUT2D eigenvalue weighted by Gasteiger charge is 2.23. The number of alkyl halides is 2. The Morgan fingerprint density at radius 3 is 2.57 bits per heavy atom. The summed E-state index contributed by atoms with van der Waals surface area (Å²) in [4.78, 5) is 23.1. The van der Waals surface area contributed by atoms with Crippen molar-refractivity contribution in [3.63, 3.8) is 0 Å². The van der Waals surface area contributed by atoms with Crippen LogP contribution in [0.25, 0.3) is 0 Å². The number of carboxylic acids is 1. The molecule has 1 unspecified atom stereocenters. The number of carbonyl (C=O) groups is 2. The van der Waals surface area contributed by atoms with Crippen molar-refractivity contribution >= 4 is 35.2 Å². The summed E-state index contributed by atoms with van der Waals surface area (Å²) in [5.41, 5.74) is 0. The van der Waals surface area contributed by atoms with Gasteiger partial charge in [-0.3, -0.25) is 4.79 Å². The topological polar surface area (TPSA) is 66.4 Å². The molecule has 0 fully saturated rings. The molecular formula is C13H14ClF2NO3S. The lowest BCUT2D eigenvalue weighted by Gasteiger charge is -2.13. The van der Waals surface area contributed by atoms with Gasteiger partial charge in [0, 0.05) is 23.5 Å². The van der Waals surface area contributed by atoms with Crippen molar-refractivity contribution in [1.82, 2.24) is 5.32 Å². The van der Waals surface area contributed by atoms with Gasteiger partial charge < -0.3 is 10.4 Å². The van der Waals surface area contributed by atoms with Crippen LogP contribution in [0.15, 0.2) is 29.2 Å². The molecule has 116 valence electrons. The lowest BCUT2D eigenvalue weighted by atomic mass is 10.2. The maximum Gasteiger partial charge on any atom is 0.326 e. The van der Waals surface area contributed by atoms with E-state index in [1.54, 1.807) is 24.3 Å². The van der Waals surface area contributed by atoms with Crippen molar-refractivity contribution in [2.75, 3.05) is 5.75 Å². The molecule has 1 rings (SSSR count). The molecular weight excluding hydrogens is 324 g/mol. The van der Waals surface area contributed by atoms with Gasteiger partial charge in [0.05, 0.1) is 5.02 Å². The van der Waals surface area contributed by atoms with Gasteiger partial charge in [-0.2, -0.15) is 0 Å². The monoisotopic (exact) mass is 337 g/mol. The summed E-state index contributed by atoms with van der Waals surface area (Å²) in [6.07, 6.45) is -3.68. The van der Waals surface area contributed by atoms with Gasteiger partial charge in [-0.1, -0.05) is 23.7 Å². The zero-order chi connectivity index (χ0) is 15.8. The Morgan fingerprint density at radius 2 is 2.00 bits per heavy atom. The number of rotatable bonds is 8. The van der Waals surface area contributed by atoms with Crippen LogP contribution in [0.2, 0.25) is 5.02 Å². The number of aliphatic carboxylic acids is 1. The van der Waals surface area contributed by atoms with Gasteiger partial charge in [0.1, 0.15) is 6.04 Å². The standard InChI is InChI=1S/C13H14ClF2NO3S/c14-8-3-1-2-4-10(8)21-6-5-12(18)17-9(13(19)20)7-11(15)16/h1-4,9,11H,5-7H2,(H,17,18)(H,19,20). The first-order chi connectivity index (χ1) is 9.90. The quantitative estimate of drug-likeness (QED) is 0.715. The maximum atomic E-state index is 12.2. The molecule has 1 amide bonds. The summed E-state index contributed by atoms with van der Waals surface area (Å²) >= 11 is 7.28. The fraction of sp³-hybridized carbons (Fsp3) is 0.385. The number of halogens is 3. The van der Waals surface area contributed by atoms with Crippen molar-refractivity contribution in [2.45, 2.75) is 30.2 Å². The van der Waals surface area contributed by atoms with Crippen LogP contribution in [-0.2, 0) is 9.59 Å². The maximum absolute atomic E-state index is 12.2. The van der Waals surface area contributed by atoms with E-state index < -0.39 is 30.8 Å². The zero-order valence-corrected chi connectivity index (χ0v) is 12.5. The van der Waals surface area contributed by atoms with E-state index in [-0.39, 0.29) is 6.42 Å². The van der Waals surface area contributed by atoms with E-state index >= 15 is 0 Å². The number of benzene rings is 1. The van der Waals surface area contributed by atoms with Crippen LogP contribution in [0.5, 0.6) is 0 Å². The predicted octanol–water partition coefficient (Wildman–Crippen LogP) is 3.05. The number of thioether (sulfide) groups is 1. The van der Waals surface area contributed by atoms with Crippen molar-refractivity contribution in [2.24, 2.45) is 0 Å². The third kappa shape index (κ3) is 6.77. The highest BCUT2D eigenvalue weighted by atomic mass is 35.5. The molecule has 0 aliphatic heterocycles. The summed E-state index contributed by atoms with van der Waals surface area (Å²) in [6.45, 7) is 0. The zero-order valence-electron chi connectivity index (χ0n) is 10.9. The molecule has 0 radical (unpaired) electrons. The fourth-order valence-corrected chi connectivity index (χ4v) is 2.67. The molecule has 0 aliphatic rings. The van der Waals surface area contributed by atoms with E-state index in [0.717, 1.165) is 4.90 Å². The molecule has 0 saturated carbocycles. The highest BCUT2D eigenvalue weighted by molar-refractivity contribution is 7.99. The summed E-state index contributed by atoms with van der Waals surface area (Å²) in [5, 5.41) is 11.4. The minimum Gasteiger partial charge on any atom is -0.480 e. The summed E-state index contributed by atoms with van der Waals surface area (Å²) in [7, 11) is 0. The Balaban J connectivity index is 2.39. The first kappa shape index (κ1) is 17.7. The summed E-state index contributed by atoms with van der Waals surface area (Å²) in [6, 6.07) is 5.52. The Morgan fingerprint density at radius 1 is 1.33 bits per heavy atom. The smallest absolute Gasteiger partial charge is 0.326 e. The number of nitrogens with one attached hydrogen (secondary N) is 1. The van der Waals surface area contributed by atoms with E-state index in [4.69, 9.17) is 16.7 Å². The van der Waals surface area contributed by atoms with Gasteiger partial charge in [0.15, 0.2) is 0 Å². The van der Waals surface area contributed by atoms with Gasteiger partial charge in [-0.15, -0.1) is 11.8 Å². The van der Waals surface area contributed by atoms with Crippen molar-refractivity contribution < 1.29 is 23.5 Å². The van der Waals surface area contributed by atoms with E-state index in [1.807, 2.05) is 0 Å². The van der Waals surface area contributed by atoms with Gasteiger partial charge in [-0.05, 0) is 12.1 Å². The normalized spacial score (nSPS) is 12.2. The molecule has 0 spiro atoms. The molecule has 21 heavy (non-hydrogen) atoms. The third-order valence-electron chi connectivity index (χ3n) is 2.47. The van der Waals surface area contributed by atoms with Gasteiger partial charge in [-0.25, -0.2) is 13.6 Å². The first-order valence-corrected chi connectivity index (χ1v) is 7.44. The van der Waals surface area contributed by atoms with Crippen molar-refractivity contribution in [3.8, 4) is 0 Å². The van der Waals surface area contributed by atoms with Crippen molar-refractivity contribution in [1.29, 1.82) is 0 Å². The van der Waals surface area contributed by atoms with Crippen LogP contribution in [-0.4, -0.2) is 35.2 Å². The fourth-order valence-electron chi connectivity index (χ4n) is 1.48. The Hall–Kier alpha value is -1.34. The lowest BCUT2D eigenvalue weighted by molar-refractivity contribution is -0.143. The number of hydrogen-bond acceptors (Lipinski definition) is 3. The van der Waals surface area contributed by atoms with Crippen LogP contribution < -0.4 is 5.32 Å². The number of amides is 1. The molecule has 1 aromatic rings. The number of carbonyl (C=O) groups excluding carboxylic acids is 1. The summed E-state index contributed by atoms with van der Waals surface area (Å²) in [5.74, 6) is -1.68. The largest absolute Gasteiger partial charge is 0.480 e. The second kappa shape index (κ2) is 8.84. The molecule has 0 bridgehead atoms. The predicted molar refractivity (Wildman–Crippen MR) is 77.0 cm³/mol. The molecule has 0 heterocycles. The van der Waals surface area contributed by atoms with Crippen LogP contribution in [0.3, 0.4) is 0 Å². The number of hydrogen-bond donors (Lipinski definition) is 2. The molecule has 0 aliphatic carbocycles. The SMILES string of the molecule is O=C(CCSc1ccccc1Cl)NC(CC(F)F)C(=O)O. The van der Waals surface area contributed by atoms with Crippen LogP contribution in [0.4, 0.5) is 8.78 Å². The number of carboxylic acid groups (broad SMARTS) is 1. The third-order valence-corrected chi connectivity index (χ3v) is 3.99. The molecule has 8 heteroatoms. The molecule has 0 aromatic heterocycles. The van der Waals surface area contributed by atoms with Crippen LogP contribution >= 0.6 is 23.4 Å². The van der Waals surface area contributed by atoms with Crippen LogP contribution in [0.1, 0.15) is 12.8 Å². The second-order valence-electron chi connectivity index (χ2n) is 4.11. The van der Waals surface area contributed by atoms with E-state index in [0.29, 0.717) is 10.8 Å².